The van der Waals surface area contributed by atoms with E-state index < -0.39 is 0 Å². The number of amides is 1. The zero-order valence-corrected chi connectivity index (χ0v) is 14.0. The number of para-hydroxylation sites is 1. The molecular formula is C21H25NO. The summed E-state index contributed by atoms with van der Waals surface area (Å²) in [6.07, 6.45) is 8.52. The second-order valence-electron chi connectivity index (χ2n) is 5.67. The summed E-state index contributed by atoms with van der Waals surface area (Å²) in [5.74, 6) is -0.0577. The lowest BCUT2D eigenvalue weighted by Gasteiger charge is -2.10. The van der Waals surface area contributed by atoms with E-state index in [2.05, 4.69) is 37.4 Å². The molecule has 0 heterocycles. The topological polar surface area (TPSA) is 29.1 Å². The summed E-state index contributed by atoms with van der Waals surface area (Å²) in [5.41, 5.74) is 3.90. The molecule has 0 unspecified atom stereocenters. The Morgan fingerprint density at radius 1 is 1.00 bits per heavy atom. The van der Waals surface area contributed by atoms with Gasteiger partial charge in [-0.1, -0.05) is 69.2 Å². The van der Waals surface area contributed by atoms with E-state index in [1.54, 1.807) is 0 Å². The van der Waals surface area contributed by atoms with Gasteiger partial charge in [0.1, 0.15) is 0 Å². The SMILES string of the molecule is CCC/C=C/c1ccc(C(=O)Nc2ccccc2CCC)cc1. The maximum absolute atomic E-state index is 12.4. The minimum atomic E-state index is -0.0577. The predicted molar refractivity (Wildman–Crippen MR) is 98.8 cm³/mol. The van der Waals surface area contributed by atoms with Gasteiger partial charge >= 0.3 is 0 Å². The fraction of sp³-hybridized carbons (Fsp3) is 0.286. The number of hydrogen-bond donors (Lipinski definition) is 1. The Bertz CT molecular complexity index is 656. The van der Waals surface area contributed by atoms with Gasteiger partial charge in [-0.3, -0.25) is 4.79 Å². The Morgan fingerprint density at radius 3 is 2.43 bits per heavy atom. The van der Waals surface area contributed by atoms with Crippen LogP contribution in [0, 0.1) is 0 Å². The van der Waals surface area contributed by atoms with E-state index in [-0.39, 0.29) is 5.91 Å². The Balaban J connectivity index is 2.06. The standard InChI is InChI=1S/C21H25NO/c1-3-5-6-10-17-13-15-19(16-14-17)21(23)22-20-12-8-7-11-18(20)9-4-2/h6-8,10-16H,3-5,9H2,1-2H3,(H,22,23)/b10-6+. The molecule has 0 aromatic heterocycles. The lowest BCUT2D eigenvalue weighted by molar-refractivity contribution is 0.102. The van der Waals surface area contributed by atoms with Crippen molar-refractivity contribution in [2.45, 2.75) is 39.5 Å². The van der Waals surface area contributed by atoms with Gasteiger partial charge in [-0.2, -0.15) is 0 Å². The maximum atomic E-state index is 12.4. The van der Waals surface area contributed by atoms with E-state index in [0.29, 0.717) is 5.56 Å². The van der Waals surface area contributed by atoms with Crippen molar-refractivity contribution >= 4 is 17.7 Å². The number of anilines is 1. The zero-order valence-electron chi connectivity index (χ0n) is 14.0. The first-order chi connectivity index (χ1) is 11.2. The molecule has 23 heavy (non-hydrogen) atoms. The van der Waals surface area contributed by atoms with Crippen LogP contribution in [0.15, 0.2) is 54.6 Å². The first kappa shape index (κ1) is 17.0. The summed E-state index contributed by atoms with van der Waals surface area (Å²) < 4.78 is 0. The zero-order chi connectivity index (χ0) is 16.5. The van der Waals surface area contributed by atoms with Gasteiger partial charge in [0.25, 0.3) is 5.91 Å². The minimum absolute atomic E-state index is 0.0577. The maximum Gasteiger partial charge on any atom is 0.255 e. The third-order valence-electron chi connectivity index (χ3n) is 3.72. The van der Waals surface area contributed by atoms with Crippen LogP contribution in [0.4, 0.5) is 5.69 Å². The van der Waals surface area contributed by atoms with Crippen LogP contribution in [0.5, 0.6) is 0 Å². The highest BCUT2D eigenvalue weighted by atomic mass is 16.1. The molecule has 2 rings (SSSR count). The number of hydrogen-bond acceptors (Lipinski definition) is 1. The van der Waals surface area contributed by atoms with Crippen LogP contribution in [0.2, 0.25) is 0 Å². The lowest BCUT2D eigenvalue weighted by Crippen LogP contribution is -2.13. The number of allylic oxidation sites excluding steroid dienone is 1. The molecule has 1 N–H and O–H groups in total. The molecule has 0 aliphatic rings. The van der Waals surface area contributed by atoms with Crippen molar-refractivity contribution < 1.29 is 4.79 Å². The van der Waals surface area contributed by atoms with Gasteiger partial charge in [-0.05, 0) is 42.2 Å². The molecule has 2 aromatic rings. The van der Waals surface area contributed by atoms with Gasteiger partial charge in [-0.25, -0.2) is 0 Å². The molecule has 2 nitrogen and oxygen atoms in total. The third kappa shape index (κ3) is 5.10. The lowest BCUT2D eigenvalue weighted by atomic mass is 10.1. The highest BCUT2D eigenvalue weighted by Crippen LogP contribution is 2.18. The molecule has 0 bridgehead atoms. The van der Waals surface area contributed by atoms with E-state index in [1.807, 2.05) is 42.5 Å². The number of nitrogens with one attached hydrogen (secondary N) is 1. The number of carbonyl (C=O) groups excluding carboxylic acids is 1. The summed E-state index contributed by atoms with van der Waals surface area (Å²) >= 11 is 0. The van der Waals surface area contributed by atoms with E-state index in [4.69, 9.17) is 0 Å². The Kier molecular flexibility index (Phi) is 6.61. The Hall–Kier alpha value is -2.35. The van der Waals surface area contributed by atoms with E-state index in [9.17, 15) is 4.79 Å². The van der Waals surface area contributed by atoms with Gasteiger partial charge in [0.15, 0.2) is 0 Å². The molecule has 0 aliphatic carbocycles. The van der Waals surface area contributed by atoms with Crippen LogP contribution in [0.1, 0.15) is 54.6 Å². The highest BCUT2D eigenvalue weighted by Gasteiger charge is 2.08. The molecule has 0 spiro atoms. The largest absolute Gasteiger partial charge is 0.322 e. The van der Waals surface area contributed by atoms with Gasteiger partial charge in [0.05, 0.1) is 0 Å². The molecule has 0 saturated heterocycles. The van der Waals surface area contributed by atoms with E-state index in [0.717, 1.165) is 36.9 Å². The van der Waals surface area contributed by atoms with Crippen molar-refractivity contribution in [1.29, 1.82) is 0 Å². The van der Waals surface area contributed by atoms with Crippen molar-refractivity contribution in [1.82, 2.24) is 0 Å². The van der Waals surface area contributed by atoms with Crippen LogP contribution in [0.25, 0.3) is 6.08 Å². The van der Waals surface area contributed by atoms with Gasteiger partial charge in [0, 0.05) is 11.3 Å². The van der Waals surface area contributed by atoms with Crippen molar-refractivity contribution in [3.63, 3.8) is 0 Å². The van der Waals surface area contributed by atoms with Gasteiger partial charge in [0.2, 0.25) is 0 Å². The van der Waals surface area contributed by atoms with Gasteiger partial charge < -0.3 is 5.32 Å². The Morgan fingerprint density at radius 2 is 1.74 bits per heavy atom. The summed E-state index contributed by atoms with van der Waals surface area (Å²) in [6.45, 7) is 4.30. The number of rotatable bonds is 7. The van der Waals surface area contributed by atoms with E-state index in [1.165, 1.54) is 5.56 Å². The van der Waals surface area contributed by atoms with Crippen LogP contribution >= 0.6 is 0 Å². The monoisotopic (exact) mass is 307 g/mol. The number of unbranched alkanes of at least 4 members (excludes halogenated alkanes) is 1. The molecular weight excluding hydrogens is 282 g/mol. The predicted octanol–water partition coefficient (Wildman–Crippen LogP) is 5.70. The smallest absolute Gasteiger partial charge is 0.255 e. The highest BCUT2D eigenvalue weighted by molar-refractivity contribution is 6.04. The molecule has 0 saturated carbocycles. The average molecular weight is 307 g/mol. The van der Waals surface area contributed by atoms with Crippen molar-refractivity contribution in [3.05, 3.63) is 71.3 Å². The van der Waals surface area contributed by atoms with Crippen molar-refractivity contribution in [2.75, 3.05) is 5.32 Å². The van der Waals surface area contributed by atoms with Crippen LogP contribution in [-0.2, 0) is 6.42 Å². The fourth-order valence-electron chi connectivity index (χ4n) is 2.46. The summed E-state index contributed by atoms with van der Waals surface area (Å²) in [6, 6.07) is 15.7. The molecule has 1 amide bonds. The van der Waals surface area contributed by atoms with E-state index >= 15 is 0 Å². The number of aryl methyl sites for hydroxylation is 1. The van der Waals surface area contributed by atoms with Crippen molar-refractivity contribution in [3.8, 4) is 0 Å². The van der Waals surface area contributed by atoms with Crippen molar-refractivity contribution in [2.24, 2.45) is 0 Å². The molecule has 2 aromatic carbocycles. The quantitative estimate of drug-likeness (QED) is 0.698. The first-order valence-corrected chi connectivity index (χ1v) is 8.40. The van der Waals surface area contributed by atoms with Crippen LogP contribution < -0.4 is 5.32 Å². The fourth-order valence-corrected chi connectivity index (χ4v) is 2.46. The second-order valence-corrected chi connectivity index (χ2v) is 5.67. The molecule has 0 fully saturated rings. The van der Waals surface area contributed by atoms with Gasteiger partial charge in [-0.15, -0.1) is 0 Å². The number of carbonyl (C=O) groups is 1. The summed E-state index contributed by atoms with van der Waals surface area (Å²) in [4.78, 5) is 12.4. The second kappa shape index (κ2) is 8.94. The molecule has 120 valence electrons. The average Bonchev–Trinajstić information content (AvgIpc) is 2.58. The third-order valence-corrected chi connectivity index (χ3v) is 3.72. The molecule has 0 radical (unpaired) electrons. The normalized spacial score (nSPS) is 10.9. The molecule has 0 aliphatic heterocycles. The number of benzene rings is 2. The first-order valence-electron chi connectivity index (χ1n) is 8.40. The molecule has 2 heteroatoms. The summed E-state index contributed by atoms with van der Waals surface area (Å²) in [7, 11) is 0. The summed E-state index contributed by atoms with van der Waals surface area (Å²) in [5, 5.41) is 3.03. The Labute approximate surface area is 139 Å². The molecule has 0 atom stereocenters. The van der Waals surface area contributed by atoms with Crippen LogP contribution in [-0.4, -0.2) is 5.91 Å². The minimum Gasteiger partial charge on any atom is -0.322 e. The van der Waals surface area contributed by atoms with Crippen LogP contribution in [0.3, 0.4) is 0 Å².